The van der Waals surface area contributed by atoms with Crippen LogP contribution in [-0.2, 0) is 19.7 Å². The van der Waals surface area contributed by atoms with E-state index in [-0.39, 0.29) is 45.4 Å². The van der Waals surface area contributed by atoms with E-state index in [0.29, 0.717) is 0 Å². The second-order valence-corrected chi connectivity index (χ2v) is 12.2. The predicted octanol–water partition coefficient (Wildman–Crippen LogP) is 2.75. The third-order valence-corrected chi connectivity index (χ3v) is 9.83. The Morgan fingerprint density at radius 2 is 1.74 bits per heavy atom. The molecule has 0 bridgehead atoms. The molecular weight excluding hydrogens is 410 g/mol. The molecule has 1 aromatic carbocycles. The highest BCUT2D eigenvalue weighted by Gasteiger charge is 2.38. The Kier molecular flexibility index (Phi) is 6.17. The Hall–Kier alpha value is -1.12. The van der Waals surface area contributed by atoms with E-state index in [9.17, 15) is 21.6 Å². The van der Waals surface area contributed by atoms with E-state index in [1.54, 1.807) is 0 Å². The molecule has 0 spiro atoms. The lowest BCUT2D eigenvalue weighted by Crippen LogP contribution is -2.34. The monoisotopic (exact) mass is 433 g/mol. The van der Waals surface area contributed by atoms with E-state index in [0.717, 1.165) is 38.5 Å². The summed E-state index contributed by atoms with van der Waals surface area (Å²) in [6, 6.07) is 4.07. The standard InChI is InChI=1S/C18H24ClNO5S2/c19-17-8-7-14(27(24,25)15-9-10-26(22,23)12-15)11-16(17)18(21)20-13-5-3-1-2-4-6-13/h7-8,11,13,15H,1-6,9-10,12H2,(H,20,21). The molecule has 27 heavy (non-hydrogen) atoms. The summed E-state index contributed by atoms with van der Waals surface area (Å²) in [7, 11) is -7.17. The summed E-state index contributed by atoms with van der Waals surface area (Å²) in [5.41, 5.74) is 0.114. The normalized spacial score (nSPS) is 23.7. The molecule has 1 N–H and O–H groups in total. The lowest BCUT2D eigenvalue weighted by Gasteiger charge is -2.17. The van der Waals surface area contributed by atoms with E-state index in [1.807, 2.05) is 0 Å². The molecule has 3 rings (SSSR count). The van der Waals surface area contributed by atoms with E-state index >= 15 is 0 Å². The van der Waals surface area contributed by atoms with Gasteiger partial charge in [0.05, 0.1) is 32.2 Å². The van der Waals surface area contributed by atoms with Crippen molar-refractivity contribution in [3.8, 4) is 0 Å². The molecule has 0 aromatic heterocycles. The van der Waals surface area contributed by atoms with Crippen LogP contribution < -0.4 is 5.32 Å². The van der Waals surface area contributed by atoms with Gasteiger partial charge in [0.1, 0.15) is 0 Å². The average Bonchev–Trinajstić information content (AvgIpc) is 2.81. The van der Waals surface area contributed by atoms with Crippen molar-refractivity contribution in [1.29, 1.82) is 0 Å². The second-order valence-electron chi connectivity index (χ2n) is 7.37. The fourth-order valence-corrected chi connectivity index (χ4v) is 8.33. The largest absolute Gasteiger partial charge is 0.349 e. The van der Waals surface area contributed by atoms with Gasteiger partial charge in [0.15, 0.2) is 19.7 Å². The first-order valence-electron chi connectivity index (χ1n) is 9.24. The summed E-state index contributed by atoms with van der Waals surface area (Å²) in [6.45, 7) is 0. The third kappa shape index (κ3) is 4.84. The zero-order valence-corrected chi connectivity index (χ0v) is 17.4. The maximum absolute atomic E-state index is 12.8. The summed E-state index contributed by atoms with van der Waals surface area (Å²) in [6.07, 6.45) is 6.32. The summed E-state index contributed by atoms with van der Waals surface area (Å²) in [5.74, 6) is -0.885. The first kappa shape index (κ1) is 20.6. The van der Waals surface area contributed by atoms with Crippen molar-refractivity contribution in [3.05, 3.63) is 28.8 Å². The van der Waals surface area contributed by atoms with Gasteiger partial charge in [-0.25, -0.2) is 16.8 Å². The van der Waals surface area contributed by atoms with E-state index < -0.39 is 24.9 Å². The van der Waals surface area contributed by atoms with Gasteiger partial charge in [0.25, 0.3) is 5.91 Å². The van der Waals surface area contributed by atoms with Crippen LogP contribution >= 0.6 is 11.6 Å². The van der Waals surface area contributed by atoms with Crippen molar-refractivity contribution in [1.82, 2.24) is 5.32 Å². The molecule has 1 unspecified atom stereocenters. The highest BCUT2D eigenvalue weighted by atomic mass is 35.5. The van der Waals surface area contributed by atoms with Crippen molar-refractivity contribution < 1.29 is 21.6 Å². The van der Waals surface area contributed by atoms with Gasteiger partial charge < -0.3 is 5.32 Å². The molecule has 1 aliphatic heterocycles. The molecular formula is C18H24ClNO5S2. The van der Waals surface area contributed by atoms with E-state index in [1.165, 1.54) is 18.2 Å². The summed E-state index contributed by atoms with van der Waals surface area (Å²) in [4.78, 5) is 12.6. The molecule has 9 heteroatoms. The van der Waals surface area contributed by atoms with E-state index in [2.05, 4.69) is 5.32 Å². The lowest BCUT2D eigenvalue weighted by atomic mass is 10.1. The van der Waals surface area contributed by atoms with Crippen molar-refractivity contribution >= 4 is 37.2 Å². The first-order chi connectivity index (χ1) is 12.7. The predicted molar refractivity (Wildman–Crippen MR) is 105 cm³/mol. The maximum Gasteiger partial charge on any atom is 0.253 e. The third-order valence-electron chi connectivity index (χ3n) is 5.33. The number of carbonyl (C=O) groups is 1. The van der Waals surface area contributed by atoms with E-state index in [4.69, 9.17) is 11.6 Å². The number of carbonyl (C=O) groups excluding carboxylic acids is 1. The number of sulfone groups is 2. The Bertz CT molecular complexity index is 919. The average molecular weight is 434 g/mol. The number of hydrogen-bond acceptors (Lipinski definition) is 5. The van der Waals surface area contributed by atoms with Gasteiger partial charge in [0.2, 0.25) is 0 Å². The smallest absolute Gasteiger partial charge is 0.253 e. The zero-order valence-electron chi connectivity index (χ0n) is 15.0. The van der Waals surface area contributed by atoms with Crippen molar-refractivity contribution in [3.63, 3.8) is 0 Å². The van der Waals surface area contributed by atoms with Gasteiger partial charge >= 0.3 is 0 Å². The molecule has 1 heterocycles. The molecule has 2 aliphatic rings. The highest BCUT2D eigenvalue weighted by molar-refractivity contribution is 7.96. The van der Waals surface area contributed by atoms with Gasteiger partial charge in [-0.2, -0.15) is 0 Å². The molecule has 2 fully saturated rings. The zero-order chi connectivity index (χ0) is 19.7. The van der Waals surface area contributed by atoms with Crippen LogP contribution in [0.2, 0.25) is 5.02 Å². The van der Waals surface area contributed by atoms with Crippen molar-refractivity contribution in [2.75, 3.05) is 11.5 Å². The number of hydrogen-bond donors (Lipinski definition) is 1. The lowest BCUT2D eigenvalue weighted by molar-refractivity contribution is 0.0933. The van der Waals surface area contributed by atoms with Gasteiger partial charge in [-0.15, -0.1) is 0 Å². The molecule has 150 valence electrons. The van der Waals surface area contributed by atoms with Crippen LogP contribution in [0.1, 0.15) is 55.3 Å². The molecule has 1 saturated carbocycles. The highest BCUT2D eigenvalue weighted by Crippen LogP contribution is 2.28. The fraction of sp³-hybridized carbons (Fsp3) is 0.611. The molecule has 1 aromatic rings. The maximum atomic E-state index is 12.8. The van der Waals surface area contributed by atoms with Crippen LogP contribution in [-0.4, -0.2) is 45.5 Å². The second kappa shape index (κ2) is 8.09. The minimum absolute atomic E-state index is 0.0555. The molecule has 1 amide bonds. The topological polar surface area (TPSA) is 97.4 Å². The summed E-state index contributed by atoms with van der Waals surface area (Å²) >= 11 is 6.14. The Morgan fingerprint density at radius 1 is 1.07 bits per heavy atom. The molecule has 1 saturated heterocycles. The van der Waals surface area contributed by atoms with Gasteiger partial charge in [-0.3, -0.25) is 4.79 Å². The minimum Gasteiger partial charge on any atom is -0.349 e. The van der Waals surface area contributed by atoms with Gasteiger partial charge in [0, 0.05) is 6.04 Å². The van der Waals surface area contributed by atoms with Gasteiger partial charge in [-0.1, -0.05) is 37.3 Å². The van der Waals surface area contributed by atoms with Crippen molar-refractivity contribution in [2.24, 2.45) is 0 Å². The summed E-state index contributed by atoms with van der Waals surface area (Å²) < 4.78 is 48.9. The Morgan fingerprint density at radius 3 is 2.33 bits per heavy atom. The number of benzene rings is 1. The number of halogens is 1. The van der Waals surface area contributed by atoms with Crippen LogP contribution in [0.15, 0.2) is 23.1 Å². The first-order valence-corrected chi connectivity index (χ1v) is 13.0. The quantitative estimate of drug-likeness (QED) is 0.736. The molecule has 0 radical (unpaired) electrons. The van der Waals surface area contributed by atoms with Crippen LogP contribution in [0.4, 0.5) is 0 Å². The van der Waals surface area contributed by atoms with Crippen LogP contribution in [0.25, 0.3) is 0 Å². The van der Waals surface area contributed by atoms with Crippen LogP contribution in [0.3, 0.4) is 0 Å². The SMILES string of the molecule is O=C(NC1CCCCCC1)c1cc(S(=O)(=O)C2CCS(=O)(=O)C2)ccc1Cl. The van der Waals surface area contributed by atoms with Crippen LogP contribution in [0.5, 0.6) is 0 Å². The van der Waals surface area contributed by atoms with Gasteiger partial charge in [-0.05, 0) is 37.5 Å². The van der Waals surface area contributed by atoms with Crippen molar-refractivity contribution in [2.45, 2.75) is 61.1 Å². The number of rotatable bonds is 4. The Balaban J connectivity index is 1.82. The molecule has 1 aliphatic carbocycles. The molecule has 1 atom stereocenters. The summed E-state index contributed by atoms with van der Waals surface area (Å²) in [5, 5.41) is 2.17. The number of amides is 1. The fourth-order valence-electron chi connectivity index (χ4n) is 3.74. The molecule has 6 nitrogen and oxygen atoms in total. The minimum atomic E-state index is -3.84. The Labute approximate surface area is 165 Å². The van der Waals surface area contributed by atoms with Crippen LogP contribution in [0, 0.1) is 0 Å². The number of nitrogens with one attached hydrogen (secondary N) is 1.